The van der Waals surface area contributed by atoms with Crippen LogP contribution in [0.2, 0.25) is 0 Å². The van der Waals surface area contributed by atoms with Crippen molar-refractivity contribution in [3.8, 4) is 28.7 Å². The molecule has 0 radical (unpaired) electrons. The van der Waals surface area contributed by atoms with Gasteiger partial charge < -0.3 is 9.47 Å². The highest BCUT2D eigenvalue weighted by Gasteiger charge is 2.47. The Kier molecular flexibility index (Phi) is 6.07. The van der Waals surface area contributed by atoms with Crippen molar-refractivity contribution in [2.75, 3.05) is 37.7 Å². The van der Waals surface area contributed by atoms with Crippen LogP contribution in [0, 0.1) is 11.3 Å². The van der Waals surface area contributed by atoms with Crippen molar-refractivity contribution in [2.24, 2.45) is 0 Å². The molecule has 5 rings (SSSR count). The number of benzene rings is 2. The highest BCUT2D eigenvalue weighted by molar-refractivity contribution is 7.94. The van der Waals surface area contributed by atoms with Gasteiger partial charge in [-0.2, -0.15) is 9.57 Å². The number of hydrogen-bond donors (Lipinski definition) is 0. The molecular formula is C24H22N4O6S2. The lowest BCUT2D eigenvalue weighted by Gasteiger charge is -2.41. The van der Waals surface area contributed by atoms with Crippen molar-refractivity contribution in [3.63, 3.8) is 0 Å². The van der Waals surface area contributed by atoms with Gasteiger partial charge in [-0.1, -0.05) is 18.2 Å². The van der Waals surface area contributed by atoms with Crippen LogP contribution >= 0.6 is 0 Å². The van der Waals surface area contributed by atoms with Gasteiger partial charge in [0.15, 0.2) is 5.75 Å². The molecule has 12 heteroatoms. The van der Waals surface area contributed by atoms with E-state index in [2.05, 4.69) is 11.1 Å². The minimum Gasteiger partial charge on any atom is -0.497 e. The predicted octanol–water partition coefficient (Wildman–Crippen LogP) is 2.23. The molecule has 0 spiro atoms. The van der Waals surface area contributed by atoms with Gasteiger partial charge in [-0.25, -0.2) is 16.8 Å². The second kappa shape index (κ2) is 9.09. The largest absolute Gasteiger partial charge is 0.497 e. The van der Waals surface area contributed by atoms with Crippen LogP contribution in [-0.2, 0) is 20.0 Å². The Morgan fingerprint density at radius 2 is 1.83 bits per heavy atom. The number of hydrogen-bond acceptors (Lipinski definition) is 8. The van der Waals surface area contributed by atoms with E-state index < -0.39 is 25.3 Å². The first-order valence-corrected chi connectivity index (χ1v) is 14.0. The summed E-state index contributed by atoms with van der Waals surface area (Å²) in [4.78, 5) is 4.27. The van der Waals surface area contributed by atoms with E-state index in [1.165, 1.54) is 29.7 Å². The molecule has 186 valence electrons. The number of pyridine rings is 1. The summed E-state index contributed by atoms with van der Waals surface area (Å²) in [5.74, 6) is 0.779. The molecule has 0 atom stereocenters. The van der Waals surface area contributed by atoms with Crippen LogP contribution in [0.3, 0.4) is 0 Å². The topological polar surface area (TPSA) is 130 Å². The van der Waals surface area contributed by atoms with E-state index in [9.17, 15) is 16.8 Å². The van der Waals surface area contributed by atoms with E-state index in [1.54, 1.807) is 42.6 Å². The smallest absolute Gasteiger partial charge is 0.243 e. The molecule has 2 aliphatic rings. The van der Waals surface area contributed by atoms with Crippen molar-refractivity contribution < 1.29 is 26.3 Å². The molecule has 36 heavy (non-hydrogen) atoms. The number of nitriles is 1. The van der Waals surface area contributed by atoms with Crippen molar-refractivity contribution in [3.05, 3.63) is 66.5 Å². The molecule has 1 fully saturated rings. The van der Waals surface area contributed by atoms with Gasteiger partial charge in [0.2, 0.25) is 20.0 Å². The van der Waals surface area contributed by atoms with Gasteiger partial charge in [0.05, 0.1) is 36.4 Å². The average molecular weight is 527 g/mol. The van der Waals surface area contributed by atoms with Crippen LogP contribution < -0.4 is 13.8 Å². The fourth-order valence-corrected chi connectivity index (χ4v) is 7.77. The third-order valence-electron chi connectivity index (χ3n) is 6.23. The fraction of sp³-hybridized carbons (Fsp3) is 0.250. The van der Waals surface area contributed by atoms with Crippen molar-refractivity contribution in [1.29, 1.82) is 5.26 Å². The number of fused-ring (bicyclic) bond motifs is 1. The Morgan fingerprint density at radius 1 is 1.08 bits per heavy atom. The van der Waals surface area contributed by atoms with E-state index in [0.717, 1.165) is 9.87 Å². The number of sulfonamides is 2. The first-order chi connectivity index (χ1) is 17.3. The molecule has 2 aliphatic heterocycles. The van der Waals surface area contributed by atoms with Gasteiger partial charge in [0, 0.05) is 30.9 Å². The molecule has 0 N–H and O–H groups in total. The van der Waals surface area contributed by atoms with E-state index in [4.69, 9.17) is 14.7 Å². The molecule has 2 aromatic carbocycles. The molecule has 3 aromatic rings. The summed E-state index contributed by atoms with van der Waals surface area (Å²) < 4.78 is 66.4. The third kappa shape index (κ3) is 4.05. The second-order valence-electron chi connectivity index (χ2n) is 8.31. The molecule has 0 amide bonds. The number of anilines is 1. The minimum atomic E-state index is -3.90. The van der Waals surface area contributed by atoms with Crippen molar-refractivity contribution in [1.82, 2.24) is 9.29 Å². The molecule has 0 saturated carbocycles. The van der Waals surface area contributed by atoms with Crippen LogP contribution in [0.4, 0.5) is 5.69 Å². The molecule has 0 unspecified atom stereocenters. The number of aromatic nitrogens is 1. The quantitative estimate of drug-likeness (QED) is 0.478. The maximum absolute atomic E-state index is 13.5. The summed E-state index contributed by atoms with van der Waals surface area (Å²) in [5, 5.41) is 8.15. The monoisotopic (exact) mass is 526 g/mol. The summed E-state index contributed by atoms with van der Waals surface area (Å²) in [5.41, 5.74) is 2.14. The summed E-state index contributed by atoms with van der Waals surface area (Å²) >= 11 is 0. The lowest BCUT2D eigenvalue weighted by Crippen LogP contribution is -2.60. The Labute approximate surface area is 209 Å². The first kappa shape index (κ1) is 24.1. The van der Waals surface area contributed by atoms with E-state index >= 15 is 0 Å². The van der Waals surface area contributed by atoms with Gasteiger partial charge >= 0.3 is 0 Å². The van der Waals surface area contributed by atoms with Gasteiger partial charge in [0.25, 0.3) is 0 Å². The lowest BCUT2D eigenvalue weighted by molar-refractivity contribution is 0.301. The summed E-state index contributed by atoms with van der Waals surface area (Å²) in [7, 11) is -6.31. The van der Waals surface area contributed by atoms with E-state index in [1.807, 2.05) is 0 Å². The van der Waals surface area contributed by atoms with Crippen LogP contribution in [0.15, 0.2) is 65.8 Å². The van der Waals surface area contributed by atoms with E-state index in [0.29, 0.717) is 28.3 Å². The highest BCUT2D eigenvalue weighted by atomic mass is 32.2. The maximum atomic E-state index is 13.5. The Hall–Kier alpha value is -3.66. The number of rotatable bonds is 6. The first-order valence-electron chi connectivity index (χ1n) is 11.0. The van der Waals surface area contributed by atoms with E-state index in [-0.39, 0.29) is 31.1 Å². The summed E-state index contributed by atoms with van der Waals surface area (Å²) in [6.07, 6.45) is 3.02. The normalized spacial score (nSPS) is 16.4. The molecule has 0 aliphatic carbocycles. The summed E-state index contributed by atoms with van der Waals surface area (Å²) in [6.45, 7) is -0.0837. The lowest BCUT2D eigenvalue weighted by atomic mass is 10.0. The Bertz CT molecular complexity index is 1560. The number of methoxy groups -OCH3 is 1. The van der Waals surface area contributed by atoms with Crippen LogP contribution in [-0.4, -0.2) is 64.7 Å². The molecule has 1 aromatic heterocycles. The molecule has 0 bridgehead atoms. The molecule has 1 saturated heterocycles. The van der Waals surface area contributed by atoms with Crippen LogP contribution in [0.5, 0.6) is 11.5 Å². The molecule has 3 heterocycles. The zero-order valence-corrected chi connectivity index (χ0v) is 20.9. The second-order valence-corrected chi connectivity index (χ2v) is 12.4. The van der Waals surface area contributed by atoms with Gasteiger partial charge in [-0.05, 0) is 29.8 Å². The summed E-state index contributed by atoms with van der Waals surface area (Å²) in [6, 6.07) is 15.0. The molecular weight excluding hydrogens is 504 g/mol. The fourth-order valence-electron chi connectivity index (χ4n) is 4.19. The van der Waals surface area contributed by atoms with Crippen molar-refractivity contribution >= 4 is 25.7 Å². The van der Waals surface area contributed by atoms with Gasteiger partial charge in [0.1, 0.15) is 23.3 Å². The Morgan fingerprint density at radius 3 is 2.53 bits per heavy atom. The Balaban J connectivity index is 1.39. The van der Waals surface area contributed by atoms with Gasteiger partial charge in [-0.3, -0.25) is 9.29 Å². The predicted molar refractivity (Wildman–Crippen MR) is 132 cm³/mol. The van der Waals surface area contributed by atoms with Gasteiger partial charge in [-0.15, -0.1) is 0 Å². The van der Waals surface area contributed by atoms with Crippen LogP contribution in [0.1, 0.15) is 5.56 Å². The third-order valence-corrected chi connectivity index (χ3v) is 10.2. The number of nitrogens with zero attached hydrogens (tertiary/aromatic N) is 4. The maximum Gasteiger partial charge on any atom is 0.243 e. The minimum absolute atomic E-state index is 0.0469. The van der Waals surface area contributed by atoms with Crippen LogP contribution in [0.25, 0.3) is 11.1 Å². The standard InChI is InChI=1S/C24H22N4O6S2/c1-33-19-3-2-4-20(11-19)35(29,30)27-15-21(16-27)36(31,32)28-9-10-34-24-22(13-26-14-23(24)28)18-7-5-17(12-25)6-8-18/h2-8,11,13-14,21H,9-10,15-16H2,1H3. The number of ether oxygens (including phenoxy) is 2. The average Bonchev–Trinajstić information content (AvgIpc) is 2.86. The van der Waals surface area contributed by atoms with Crippen molar-refractivity contribution in [2.45, 2.75) is 10.1 Å². The zero-order chi connectivity index (χ0) is 25.5. The SMILES string of the molecule is COc1cccc(S(=O)(=O)N2CC(S(=O)(=O)N3CCOc4c(-c5ccc(C#N)cc5)cncc43)C2)c1. The zero-order valence-electron chi connectivity index (χ0n) is 19.2. The highest BCUT2D eigenvalue weighted by Crippen LogP contribution is 2.42. The molecule has 10 nitrogen and oxygen atoms in total.